The van der Waals surface area contributed by atoms with Gasteiger partial charge >= 0.3 is 5.97 Å². The minimum Gasteiger partial charge on any atom is -0.507 e. The maximum absolute atomic E-state index is 11.2. The lowest BCUT2D eigenvalue weighted by atomic mass is 9.94. The van der Waals surface area contributed by atoms with Gasteiger partial charge in [-0.2, -0.15) is 0 Å². The van der Waals surface area contributed by atoms with Crippen LogP contribution in [0.15, 0.2) is 36.4 Å². The lowest BCUT2D eigenvalue weighted by molar-refractivity contribution is 0.0696. The fourth-order valence-corrected chi connectivity index (χ4v) is 1.96. The molecule has 0 saturated carbocycles. The molecule has 0 radical (unpaired) electrons. The molecule has 0 fully saturated rings. The molecule has 0 spiro atoms. The van der Waals surface area contributed by atoms with E-state index in [-0.39, 0.29) is 24.2 Å². The minimum absolute atomic E-state index is 0.00868. The number of aromatic carboxylic acids is 1. The molecular formula is C17H22O5. The molecule has 0 saturated heterocycles. The first kappa shape index (κ1) is 17.9. The summed E-state index contributed by atoms with van der Waals surface area (Å²) in [7, 11) is 0. The van der Waals surface area contributed by atoms with Crippen molar-refractivity contribution in [1.29, 1.82) is 0 Å². The Hall–Kier alpha value is -2.11. The van der Waals surface area contributed by atoms with E-state index in [4.69, 9.17) is 5.11 Å². The number of hydrogen-bond donors (Lipinski definition) is 4. The standard InChI is InChI=1S/C17H22O5/c1-9(2)14(18)7-11-5-13(17(21)22)6-12(16(11)20)8-15(19)10(3)4/h5-6,14-15,18-20H,1,3,7-8H2,2,4H3,(H,21,22). The summed E-state index contributed by atoms with van der Waals surface area (Å²) in [5.41, 5.74) is 1.64. The van der Waals surface area contributed by atoms with Gasteiger partial charge in [-0.15, -0.1) is 0 Å². The zero-order chi connectivity index (χ0) is 17.0. The first-order valence-electron chi connectivity index (χ1n) is 6.88. The number of rotatable bonds is 7. The summed E-state index contributed by atoms with van der Waals surface area (Å²) < 4.78 is 0. The van der Waals surface area contributed by atoms with E-state index in [0.717, 1.165) is 0 Å². The second kappa shape index (κ2) is 7.24. The molecule has 0 aromatic heterocycles. The summed E-state index contributed by atoms with van der Waals surface area (Å²) in [5.74, 6) is -1.26. The molecule has 5 heteroatoms. The molecule has 0 aliphatic heterocycles. The van der Waals surface area contributed by atoms with Crippen LogP contribution in [0.2, 0.25) is 0 Å². The summed E-state index contributed by atoms with van der Waals surface area (Å²) in [6.45, 7) is 10.6. The van der Waals surface area contributed by atoms with Crippen LogP contribution in [0.3, 0.4) is 0 Å². The molecule has 1 rings (SSSR count). The van der Waals surface area contributed by atoms with Crippen molar-refractivity contribution in [3.63, 3.8) is 0 Å². The van der Waals surface area contributed by atoms with Gasteiger partial charge in [0.1, 0.15) is 5.75 Å². The number of phenols is 1. The summed E-state index contributed by atoms with van der Waals surface area (Å²) in [4.78, 5) is 11.2. The highest BCUT2D eigenvalue weighted by Crippen LogP contribution is 2.28. The van der Waals surface area contributed by atoms with Crippen LogP contribution in [0.25, 0.3) is 0 Å². The van der Waals surface area contributed by atoms with Crippen LogP contribution in [-0.2, 0) is 12.8 Å². The van der Waals surface area contributed by atoms with E-state index in [1.54, 1.807) is 13.8 Å². The molecule has 5 nitrogen and oxygen atoms in total. The van der Waals surface area contributed by atoms with Gasteiger partial charge in [0.05, 0.1) is 17.8 Å². The predicted molar refractivity (Wildman–Crippen MR) is 84.1 cm³/mol. The average molecular weight is 306 g/mol. The van der Waals surface area contributed by atoms with Crippen LogP contribution in [-0.4, -0.2) is 38.6 Å². The zero-order valence-corrected chi connectivity index (χ0v) is 12.8. The molecule has 0 aliphatic carbocycles. The Morgan fingerprint density at radius 3 is 1.68 bits per heavy atom. The molecule has 1 aromatic rings. The van der Waals surface area contributed by atoms with Crippen molar-refractivity contribution in [2.75, 3.05) is 0 Å². The SMILES string of the molecule is C=C(C)C(O)Cc1cc(C(=O)O)cc(CC(O)C(=C)C)c1O. The number of carboxylic acid groups (broad SMARTS) is 1. The Labute approximate surface area is 129 Å². The van der Waals surface area contributed by atoms with Gasteiger partial charge in [-0.3, -0.25) is 0 Å². The molecule has 1 aromatic carbocycles. The van der Waals surface area contributed by atoms with E-state index in [1.165, 1.54) is 12.1 Å². The van der Waals surface area contributed by atoms with E-state index in [1.807, 2.05) is 0 Å². The summed E-state index contributed by atoms with van der Waals surface area (Å²) in [6.07, 6.45) is -1.65. The van der Waals surface area contributed by atoms with E-state index >= 15 is 0 Å². The molecule has 2 unspecified atom stereocenters. The Bertz CT molecular complexity index is 560. The van der Waals surface area contributed by atoms with Crippen molar-refractivity contribution >= 4 is 5.97 Å². The monoisotopic (exact) mass is 306 g/mol. The van der Waals surface area contributed by atoms with Gasteiger partial charge in [0.25, 0.3) is 0 Å². The normalized spacial score (nSPS) is 13.5. The molecule has 22 heavy (non-hydrogen) atoms. The van der Waals surface area contributed by atoms with Gasteiger partial charge in [-0.05, 0) is 37.1 Å². The summed E-state index contributed by atoms with van der Waals surface area (Å²) >= 11 is 0. The van der Waals surface area contributed by atoms with E-state index < -0.39 is 18.2 Å². The third-order valence-electron chi connectivity index (χ3n) is 3.48. The van der Waals surface area contributed by atoms with Gasteiger partial charge in [-0.25, -0.2) is 4.79 Å². The van der Waals surface area contributed by atoms with Crippen molar-refractivity contribution in [3.8, 4) is 5.75 Å². The lowest BCUT2D eigenvalue weighted by Crippen LogP contribution is -2.15. The van der Waals surface area contributed by atoms with E-state index in [0.29, 0.717) is 22.3 Å². The highest BCUT2D eigenvalue weighted by atomic mass is 16.4. The predicted octanol–water partition coefficient (Wildman–Crippen LogP) is 2.05. The zero-order valence-electron chi connectivity index (χ0n) is 12.8. The molecule has 120 valence electrons. The van der Waals surface area contributed by atoms with Gasteiger partial charge < -0.3 is 20.4 Å². The fourth-order valence-electron chi connectivity index (χ4n) is 1.96. The number of phenolic OH excluding ortho intramolecular Hbond substituents is 1. The molecule has 2 atom stereocenters. The third kappa shape index (κ3) is 4.44. The molecule has 4 N–H and O–H groups in total. The summed E-state index contributed by atoms with van der Waals surface area (Å²) in [5, 5.41) is 39.2. The first-order chi connectivity index (χ1) is 10.1. The number of carbonyl (C=O) groups is 1. The highest BCUT2D eigenvalue weighted by Gasteiger charge is 2.19. The quantitative estimate of drug-likeness (QED) is 0.578. The average Bonchev–Trinajstić information content (AvgIpc) is 2.42. The van der Waals surface area contributed by atoms with Crippen molar-refractivity contribution in [3.05, 3.63) is 53.1 Å². The van der Waals surface area contributed by atoms with Gasteiger partial charge in [-0.1, -0.05) is 24.3 Å². The molecule has 0 bridgehead atoms. The Morgan fingerprint density at radius 1 is 1.05 bits per heavy atom. The highest BCUT2D eigenvalue weighted by molar-refractivity contribution is 5.88. The number of benzene rings is 1. The molecule has 0 heterocycles. The van der Waals surface area contributed by atoms with Crippen LogP contribution in [0, 0.1) is 0 Å². The molecular weight excluding hydrogens is 284 g/mol. The number of aromatic hydroxyl groups is 1. The van der Waals surface area contributed by atoms with Crippen molar-refractivity contribution in [1.82, 2.24) is 0 Å². The third-order valence-corrected chi connectivity index (χ3v) is 3.48. The summed E-state index contributed by atoms with van der Waals surface area (Å²) in [6, 6.07) is 2.64. The van der Waals surface area contributed by atoms with Crippen LogP contribution < -0.4 is 0 Å². The number of aliphatic hydroxyl groups is 2. The van der Waals surface area contributed by atoms with Gasteiger partial charge in [0.15, 0.2) is 0 Å². The van der Waals surface area contributed by atoms with Crippen LogP contribution in [0.4, 0.5) is 0 Å². The number of aliphatic hydroxyl groups excluding tert-OH is 2. The van der Waals surface area contributed by atoms with Crippen LogP contribution >= 0.6 is 0 Å². The second-order valence-corrected chi connectivity index (χ2v) is 5.58. The first-order valence-corrected chi connectivity index (χ1v) is 6.88. The van der Waals surface area contributed by atoms with Crippen molar-refractivity contribution in [2.24, 2.45) is 0 Å². The maximum atomic E-state index is 11.2. The maximum Gasteiger partial charge on any atom is 0.335 e. The van der Waals surface area contributed by atoms with Gasteiger partial charge in [0.2, 0.25) is 0 Å². The topological polar surface area (TPSA) is 98.0 Å². The van der Waals surface area contributed by atoms with Crippen molar-refractivity contribution < 1.29 is 25.2 Å². The Morgan fingerprint density at radius 2 is 1.41 bits per heavy atom. The van der Waals surface area contributed by atoms with Crippen LogP contribution in [0.5, 0.6) is 5.75 Å². The second-order valence-electron chi connectivity index (χ2n) is 5.58. The molecule has 0 amide bonds. The smallest absolute Gasteiger partial charge is 0.335 e. The lowest BCUT2D eigenvalue weighted by Gasteiger charge is -2.17. The fraction of sp³-hybridized carbons (Fsp3) is 0.353. The molecule has 0 aliphatic rings. The minimum atomic E-state index is -1.14. The largest absolute Gasteiger partial charge is 0.507 e. The van der Waals surface area contributed by atoms with E-state index in [2.05, 4.69) is 13.2 Å². The number of carboxylic acids is 1. The van der Waals surface area contributed by atoms with Gasteiger partial charge in [0, 0.05) is 12.8 Å². The number of hydrogen-bond acceptors (Lipinski definition) is 4. The Balaban J connectivity index is 3.26. The van der Waals surface area contributed by atoms with E-state index in [9.17, 15) is 20.1 Å². The van der Waals surface area contributed by atoms with Crippen molar-refractivity contribution in [2.45, 2.75) is 38.9 Å². The van der Waals surface area contributed by atoms with Crippen LogP contribution in [0.1, 0.15) is 35.3 Å². The Kier molecular flexibility index (Phi) is 5.91.